The van der Waals surface area contributed by atoms with E-state index in [1.807, 2.05) is 47.8 Å². The molecule has 3 aromatic heterocycles. The number of aromatic nitrogens is 6. The number of ether oxygens (including phenoxy) is 1. The summed E-state index contributed by atoms with van der Waals surface area (Å²) >= 11 is 0. The average molecular weight is 547 g/mol. The smallest absolute Gasteiger partial charge is 0.359 e. The number of hydrogen-bond acceptors (Lipinski definition) is 12. The number of morpholine rings is 1. The molecule has 13 nitrogen and oxygen atoms in total. The third-order valence-electron chi connectivity index (χ3n) is 6.91. The highest BCUT2D eigenvalue weighted by molar-refractivity contribution is 5.88. The minimum absolute atomic E-state index is 0.185. The molecule has 4 heterocycles. The largest absolute Gasteiger partial charge is 0.388 e. The van der Waals surface area contributed by atoms with Gasteiger partial charge in [0.05, 0.1) is 25.3 Å². The molecule has 1 saturated heterocycles. The van der Waals surface area contributed by atoms with Crippen molar-refractivity contribution in [1.29, 1.82) is 0 Å². The second-order valence-corrected chi connectivity index (χ2v) is 9.51. The van der Waals surface area contributed by atoms with E-state index in [-0.39, 0.29) is 5.56 Å². The third kappa shape index (κ3) is 5.65. The van der Waals surface area contributed by atoms with E-state index >= 15 is 0 Å². The van der Waals surface area contributed by atoms with Crippen LogP contribution in [0.1, 0.15) is 35.9 Å². The molecule has 1 aliphatic rings. The second kappa shape index (κ2) is 12.2. The Balaban J connectivity index is 1.55. The topological polar surface area (TPSA) is 149 Å². The molecule has 0 bridgehead atoms. The fraction of sp³-hybridized carbons (Fsp3) is 0.407. The van der Waals surface area contributed by atoms with Crippen molar-refractivity contribution in [3.05, 3.63) is 48.0 Å². The zero-order valence-corrected chi connectivity index (χ0v) is 23.0. The number of carbonyl (C=O) groups excluding carboxylic acids is 1. The number of unbranched alkanes of at least 4 members (excludes halogenated alkanes) is 1. The highest BCUT2D eigenvalue weighted by atomic mass is 16.7. The van der Waals surface area contributed by atoms with Gasteiger partial charge in [0.1, 0.15) is 5.82 Å². The monoisotopic (exact) mass is 546 g/mol. The predicted molar refractivity (Wildman–Crippen MR) is 152 cm³/mol. The van der Waals surface area contributed by atoms with Crippen molar-refractivity contribution in [3.8, 4) is 11.4 Å². The van der Waals surface area contributed by atoms with Crippen LogP contribution in [0, 0.1) is 0 Å². The van der Waals surface area contributed by atoms with Gasteiger partial charge in [-0.3, -0.25) is 0 Å². The number of benzene rings is 1. The van der Waals surface area contributed by atoms with Crippen LogP contribution in [0.2, 0.25) is 0 Å². The minimum atomic E-state index is -0.687. The maximum Gasteiger partial charge on any atom is 0.359 e. The number of aryl methyl sites for hydroxylation is 1. The maximum atomic E-state index is 11.7. The molecule has 0 saturated carbocycles. The molecule has 0 atom stereocenters. The summed E-state index contributed by atoms with van der Waals surface area (Å²) < 4.78 is 7.60. The zero-order chi connectivity index (χ0) is 28.1. The van der Waals surface area contributed by atoms with E-state index < -0.39 is 5.97 Å². The van der Waals surface area contributed by atoms with Crippen molar-refractivity contribution >= 4 is 34.6 Å². The van der Waals surface area contributed by atoms with Crippen molar-refractivity contribution in [2.24, 2.45) is 12.9 Å². The van der Waals surface area contributed by atoms with Crippen LogP contribution >= 0.6 is 0 Å². The number of nitrogens with two attached hydrogens (primary N) is 1. The highest BCUT2D eigenvalue weighted by Crippen LogP contribution is 2.29. The molecule has 210 valence electrons. The molecular formula is C27H34N10O3. The molecule has 3 N–H and O–H groups in total. The fourth-order valence-electron chi connectivity index (χ4n) is 4.57. The Kier molecular flexibility index (Phi) is 8.31. The number of rotatable bonds is 10. The average Bonchev–Trinajstić information content (AvgIpc) is 3.33. The number of nitrogens with one attached hydrogen (secondary N) is 1. The first kappa shape index (κ1) is 27.2. The Labute approximate surface area is 232 Å². The lowest BCUT2D eigenvalue weighted by Gasteiger charge is -2.28. The molecule has 13 heteroatoms. The van der Waals surface area contributed by atoms with Gasteiger partial charge in [0.25, 0.3) is 0 Å². The molecule has 1 fully saturated rings. The zero-order valence-electron chi connectivity index (χ0n) is 23.0. The molecule has 40 heavy (non-hydrogen) atoms. The first-order valence-electron chi connectivity index (χ1n) is 13.3. The molecule has 0 spiro atoms. The van der Waals surface area contributed by atoms with Gasteiger partial charge in [-0.05, 0) is 30.7 Å². The number of nitrogens with zero attached hydrogens (tertiary/aromatic N) is 8. The van der Waals surface area contributed by atoms with Crippen LogP contribution in [0.15, 0.2) is 36.7 Å². The Bertz CT molecular complexity index is 1450. The van der Waals surface area contributed by atoms with Crippen LogP contribution in [-0.4, -0.2) is 75.4 Å². The van der Waals surface area contributed by atoms with Gasteiger partial charge in [-0.15, -0.1) is 0 Å². The van der Waals surface area contributed by atoms with Gasteiger partial charge < -0.3 is 29.3 Å². The van der Waals surface area contributed by atoms with Gasteiger partial charge in [-0.25, -0.2) is 29.7 Å². The number of fused-ring (bicyclic) bond motifs is 1. The Hall–Kier alpha value is -4.36. The standard InChI is InChI=1S/C27H34N10O3/c1-4-5-10-37(27-30-15-19(16-31-27)26(38)40-28)17-21-32-22-24(35(21)3)33-23(18-6-8-20(29-2)9-7-18)34-25(22)36-11-13-39-14-12-36/h6-9,15-16,29H,4-5,10-14,17,28H2,1-3H3. The van der Waals surface area contributed by atoms with Crippen LogP contribution in [0.3, 0.4) is 0 Å². The summed E-state index contributed by atoms with van der Waals surface area (Å²) in [6, 6.07) is 8.05. The maximum absolute atomic E-state index is 11.7. The molecular weight excluding hydrogens is 512 g/mol. The van der Waals surface area contributed by atoms with Gasteiger partial charge >= 0.3 is 5.97 Å². The lowest BCUT2D eigenvalue weighted by atomic mass is 10.2. The summed E-state index contributed by atoms with van der Waals surface area (Å²) in [7, 11) is 3.86. The van der Waals surface area contributed by atoms with Crippen LogP contribution < -0.4 is 21.0 Å². The van der Waals surface area contributed by atoms with Crippen molar-refractivity contribution < 1.29 is 14.4 Å². The van der Waals surface area contributed by atoms with Crippen LogP contribution in [-0.2, 0) is 23.2 Å². The predicted octanol–water partition coefficient (Wildman–Crippen LogP) is 2.54. The highest BCUT2D eigenvalue weighted by Gasteiger charge is 2.24. The molecule has 1 aliphatic heterocycles. The van der Waals surface area contributed by atoms with Gasteiger partial charge in [0.15, 0.2) is 22.8 Å². The normalized spacial score (nSPS) is 13.4. The van der Waals surface area contributed by atoms with E-state index in [1.165, 1.54) is 12.4 Å². The molecule has 0 unspecified atom stereocenters. The minimum Gasteiger partial charge on any atom is -0.388 e. The number of imidazole rings is 1. The van der Waals surface area contributed by atoms with E-state index in [1.54, 1.807) is 0 Å². The number of carbonyl (C=O) groups is 1. The summed E-state index contributed by atoms with van der Waals surface area (Å²) in [5, 5.41) is 3.15. The first-order chi connectivity index (χ1) is 19.5. The summed E-state index contributed by atoms with van der Waals surface area (Å²) in [4.78, 5) is 44.1. The first-order valence-corrected chi connectivity index (χ1v) is 13.3. The summed E-state index contributed by atoms with van der Waals surface area (Å²) in [6.45, 7) is 6.01. The van der Waals surface area contributed by atoms with Crippen LogP contribution in [0.5, 0.6) is 0 Å². The van der Waals surface area contributed by atoms with Gasteiger partial charge in [0, 0.05) is 57.4 Å². The Morgan fingerprint density at radius 3 is 2.50 bits per heavy atom. The Morgan fingerprint density at radius 1 is 1.12 bits per heavy atom. The lowest BCUT2D eigenvalue weighted by molar-refractivity contribution is 0.0502. The van der Waals surface area contributed by atoms with E-state index in [4.69, 9.17) is 25.6 Å². The van der Waals surface area contributed by atoms with Crippen molar-refractivity contribution in [1.82, 2.24) is 29.5 Å². The van der Waals surface area contributed by atoms with E-state index in [0.29, 0.717) is 38.1 Å². The molecule has 0 aliphatic carbocycles. The summed E-state index contributed by atoms with van der Waals surface area (Å²) in [6.07, 6.45) is 4.77. The van der Waals surface area contributed by atoms with E-state index in [0.717, 1.165) is 60.0 Å². The van der Waals surface area contributed by atoms with Crippen LogP contribution in [0.25, 0.3) is 22.6 Å². The van der Waals surface area contributed by atoms with Gasteiger partial charge in [-0.1, -0.05) is 13.3 Å². The number of hydrogen-bond donors (Lipinski definition) is 2. The lowest BCUT2D eigenvalue weighted by Crippen LogP contribution is -2.37. The van der Waals surface area contributed by atoms with Crippen molar-refractivity contribution in [2.75, 3.05) is 55.0 Å². The van der Waals surface area contributed by atoms with Gasteiger partial charge in [0.2, 0.25) is 5.95 Å². The van der Waals surface area contributed by atoms with Crippen molar-refractivity contribution in [2.45, 2.75) is 26.3 Å². The van der Waals surface area contributed by atoms with Gasteiger partial charge in [-0.2, -0.15) is 5.90 Å². The van der Waals surface area contributed by atoms with Crippen molar-refractivity contribution in [3.63, 3.8) is 0 Å². The van der Waals surface area contributed by atoms with E-state index in [2.05, 4.69) is 31.9 Å². The quantitative estimate of drug-likeness (QED) is 0.281. The molecule has 0 amide bonds. The van der Waals surface area contributed by atoms with E-state index in [9.17, 15) is 4.79 Å². The Morgan fingerprint density at radius 2 is 1.85 bits per heavy atom. The molecule has 5 rings (SSSR count). The SMILES string of the molecule is CCCCN(Cc1nc2c(N3CCOCC3)nc(-c3ccc(NC)cc3)nc2n1C)c1ncc(C(=O)ON)cn1. The molecule has 1 aromatic carbocycles. The number of anilines is 3. The fourth-order valence-corrected chi connectivity index (χ4v) is 4.57. The third-order valence-corrected chi connectivity index (χ3v) is 6.91. The summed E-state index contributed by atoms with van der Waals surface area (Å²) in [5.41, 5.74) is 3.62. The summed E-state index contributed by atoms with van der Waals surface area (Å²) in [5.74, 6) is 7.03. The second-order valence-electron chi connectivity index (χ2n) is 9.51. The molecule has 0 radical (unpaired) electrons. The van der Waals surface area contributed by atoms with Crippen LogP contribution in [0.4, 0.5) is 17.5 Å². The molecule has 4 aromatic rings.